The number of aliphatic hydroxyl groups is 4. The molecule has 2 aliphatic carbocycles. The van der Waals surface area contributed by atoms with Crippen molar-refractivity contribution in [1.82, 2.24) is 0 Å². The highest BCUT2D eigenvalue weighted by Crippen LogP contribution is 2.65. The zero-order valence-corrected chi connectivity index (χ0v) is 15.2. The lowest BCUT2D eigenvalue weighted by Gasteiger charge is -2.60. The number of allylic oxidation sites excluding steroid dienone is 1. The third-order valence-corrected chi connectivity index (χ3v) is 7.36. The summed E-state index contributed by atoms with van der Waals surface area (Å²) >= 11 is 0. The number of rotatable bonds is 3. The molecular weight excluding hydrogens is 352 g/mol. The van der Waals surface area contributed by atoms with Crippen LogP contribution in [0.25, 0.3) is 0 Å². The van der Waals surface area contributed by atoms with Gasteiger partial charge in [0.2, 0.25) is 0 Å². The van der Waals surface area contributed by atoms with Gasteiger partial charge in [0.25, 0.3) is 0 Å². The van der Waals surface area contributed by atoms with Gasteiger partial charge in [-0.05, 0) is 30.4 Å². The molecule has 7 atom stereocenters. The minimum Gasteiger partial charge on any atom is -0.472 e. The minimum atomic E-state index is -1.27. The van der Waals surface area contributed by atoms with Gasteiger partial charge in [0.1, 0.15) is 6.10 Å². The molecule has 1 aliphatic heterocycles. The van der Waals surface area contributed by atoms with Crippen LogP contribution in [0.4, 0.5) is 0 Å². The van der Waals surface area contributed by atoms with Crippen molar-refractivity contribution in [3.05, 3.63) is 35.8 Å². The van der Waals surface area contributed by atoms with Crippen LogP contribution in [-0.4, -0.2) is 51.8 Å². The Labute approximate surface area is 157 Å². The number of ether oxygens (including phenoxy) is 1. The molecule has 0 unspecified atom stereocenters. The summed E-state index contributed by atoms with van der Waals surface area (Å²) in [5, 5.41) is 42.0. The minimum absolute atomic E-state index is 0.335. The van der Waals surface area contributed by atoms with Crippen LogP contribution in [0.1, 0.15) is 37.9 Å². The van der Waals surface area contributed by atoms with E-state index in [1.165, 1.54) is 12.5 Å². The van der Waals surface area contributed by atoms with E-state index in [1.54, 1.807) is 19.1 Å². The molecule has 1 aromatic heterocycles. The van der Waals surface area contributed by atoms with Crippen LogP contribution in [0.2, 0.25) is 0 Å². The summed E-state index contributed by atoms with van der Waals surface area (Å²) < 4.78 is 10.8. The van der Waals surface area contributed by atoms with E-state index in [1.807, 2.05) is 0 Å². The fourth-order valence-electron chi connectivity index (χ4n) is 5.90. The van der Waals surface area contributed by atoms with Crippen LogP contribution in [0.15, 0.2) is 34.7 Å². The molecule has 7 heteroatoms. The van der Waals surface area contributed by atoms with Crippen molar-refractivity contribution in [2.45, 2.75) is 44.5 Å². The summed E-state index contributed by atoms with van der Waals surface area (Å²) in [4.78, 5) is 13.2. The second-order valence-corrected chi connectivity index (χ2v) is 8.14. The summed E-state index contributed by atoms with van der Waals surface area (Å²) in [6, 6.07) is 1.74. The Hall–Kier alpha value is -1.67. The quantitative estimate of drug-likeness (QED) is 0.456. The summed E-state index contributed by atoms with van der Waals surface area (Å²) in [6.45, 7) is 0.955. The van der Waals surface area contributed by atoms with Crippen molar-refractivity contribution in [2.75, 3.05) is 13.2 Å². The number of aliphatic hydroxyl groups excluding tert-OH is 4. The number of carbonyl (C=O) groups excluding carboxylic acids is 1. The van der Waals surface area contributed by atoms with E-state index in [-0.39, 0.29) is 6.61 Å². The third kappa shape index (κ3) is 2.26. The van der Waals surface area contributed by atoms with E-state index in [0.29, 0.717) is 24.8 Å². The summed E-state index contributed by atoms with van der Waals surface area (Å²) in [7, 11) is 0. The van der Waals surface area contributed by atoms with E-state index in [4.69, 9.17) is 9.15 Å². The molecule has 1 aromatic rings. The summed E-state index contributed by atoms with van der Waals surface area (Å²) in [5.74, 6) is -1.42. The van der Waals surface area contributed by atoms with Gasteiger partial charge in [-0.2, -0.15) is 0 Å². The Kier molecular flexibility index (Phi) is 4.46. The largest absolute Gasteiger partial charge is 0.472 e. The van der Waals surface area contributed by atoms with Crippen molar-refractivity contribution in [3.8, 4) is 0 Å². The van der Waals surface area contributed by atoms with Crippen LogP contribution in [0, 0.1) is 22.7 Å². The normalized spacial score (nSPS) is 44.1. The number of fused-ring (bicyclic) bond motifs is 2. The SMILES string of the molecule is C[C@@H]1[C@@H](O)[C@@H](O)[C@@]2(CO)C(CO)=CCC[C@@H]2[C@]12C[C@@H](c1ccoc1)OC2=O. The second-order valence-electron chi connectivity index (χ2n) is 8.14. The summed E-state index contributed by atoms with van der Waals surface area (Å²) in [6.07, 6.45) is 3.39. The molecule has 2 heterocycles. The molecule has 3 aliphatic rings. The number of esters is 1. The Morgan fingerprint density at radius 3 is 2.70 bits per heavy atom. The highest BCUT2D eigenvalue weighted by molar-refractivity contribution is 5.81. The van der Waals surface area contributed by atoms with Crippen LogP contribution in [0.5, 0.6) is 0 Å². The predicted octanol–water partition coefficient (Wildman–Crippen LogP) is 0.933. The predicted molar refractivity (Wildman–Crippen MR) is 93.2 cm³/mol. The molecule has 0 aromatic carbocycles. The molecule has 1 saturated heterocycles. The lowest BCUT2D eigenvalue weighted by Crippen LogP contribution is -2.67. The number of hydrogen-bond donors (Lipinski definition) is 4. The highest BCUT2D eigenvalue weighted by Gasteiger charge is 2.71. The average Bonchev–Trinajstić information content (AvgIpc) is 3.33. The molecule has 0 amide bonds. The van der Waals surface area contributed by atoms with E-state index < -0.39 is 53.6 Å². The van der Waals surface area contributed by atoms with Gasteiger partial charge < -0.3 is 29.6 Å². The lowest BCUT2D eigenvalue weighted by atomic mass is 9.44. The van der Waals surface area contributed by atoms with E-state index in [2.05, 4.69) is 0 Å². The van der Waals surface area contributed by atoms with Crippen molar-refractivity contribution in [3.63, 3.8) is 0 Å². The maximum Gasteiger partial charge on any atom is 0.313 e. The fraction of sp³-hybridized carbons (Fsp3) is 0.650. The molecule has 0 radical (unpaired) electrons. The van der Waals surface area contributed by atoms with Crippen LogP contribution in [0.3, 0.4) is 0 Å². The molecule has 1 spiro atoms. The smallest absolute Gasteiger partial charge is 0.313 e. The topological polar surface area (TPSA) is 120 Å². The second kappa shape index (κ2) is 6.44. The van der Waals surface area contributed by atoms with E-state index >= 15 is 0 Å². The first-order valence-electron chi connectivity index (χ1n) is 9.44. The third-order valence-electron chi connectivity index (χ3n) is 7.36. The molecule has 7 nitrogen and oxygen atoms in total. The molecule has 4 rings (SSSR count). The van der Waals surface area contributed by atoms with Gasteiger partial charge in [0.15, 0.2) is 0 Å². The lowest BCUT2D eigenvalue weighted by molar-refractivity contribution is -0.213. The zero-order valence-electron chi connectivity index (χ0n) is 15.2. The monoisotopic (exact) mass is 378 g/mol. The van der Waals surface area contributed by atoms with Gasteiger partial charge in [-0.15, -0.1) is 0 Å². The number of cyclic esters (lactones) is 1. The highest BCUT2D eigenvalue weighted by atomic mass is 16.6. The number of furan rings is 1. The maximum atomic E-state index is 13.2. The fourth-order valence-corrected chi connectivity index (χ4v) is 5.90. The van der Waals surface area contributed by atoms with Crippen molar-refractivity contribution in [2.24, 2.45) is 22.7 Å². The summed E-state index contributed by atoms with van der Waals surface area (Å²) in [5.41, 5.74) is -1.09. The van der Waals surface area contributed by atoms with Crippen molar-refractivity contribution < 1.29 is 34.4 Å². The van der Waals surface area contributed by atoms with Gasteiger partial charge in [-0.1, -0.05) is 13.0 Å². The Balaban J connectivity index is 1.85. The molecule has 4 N–H and O–H groups in total. The Bertz CT molecular complexity index is 742. The van der Waals surface area contributed by atoms with Crippen LogP contribution >= 0.6 is 0 Å². The first kappa shape index (κ1) is 18.7. The van der Waals surface area contributed by atoms with E-state index in [9.17, 15) is 25.2 Å². The average molecular weight is 378 g/mol. The van der Waals surface area contributed by atoms with Crippen molar-refractivity contribution >= 4 is 5.97 Å². The first-order valence-corrected chi connectivity index (χ1v) is 9.44. The van der Waals surface area contributed by atoms with Gasteiger partial charge in [0.05, 0.1) is 43.4 Å². The van der Waals surface area contributed by atoms with E-state index in [0.717, 1.165) is 5.56 Å². The van der Waals surface area contributed by atoms with Crippen LogP contribution in [-0.2, 0) is 9.53 Å². The van der Waals surface area contributed by atoms with Gasteiger partial charge in [-0.25, -0.2) is 0 Å². The standard InChI is InChI=1S/C20H26O7/c1-11-16(23)17(24)20(10-22)13(8-21)3-2-4-15(20)19(11)7-14(27-18(19)25)12-5-6-26-9-12/h3,5-6,9,11,14-17,21-24H,2,4,7-8,10H2,1H3/t11-,14+,15-,16-,17-,19+,20+/m1/s1. The van der Waals surface area contributed by atoms with Crippen LogP contribution < -0.4 is 0 Å². The number of carbonyl (C=O) groups is 1. The molecule has 148 valence electrons. The molecule has 0 bridgehead atoms. The molecule has 27 heavy (non-hydrogen) atoms. The zero-order chi connectivity index (χ0) is 19.4. The van der Waals surface area contributed by atoms with Gasteiger partial charge in [-0.3, -0.25) is 4.79 Å². The van der Waals surface area contributed by atoms with Gasteiger partial charge in [0, 0.05) is 23.3 Å². The van der Waals surface area contributed by atoms with Crippen molar-refractivity contribution in [1.29, 1.82) is 0 Å². The Morgan fingerprint density at radius 2 is 2.07 bits per heavy atom. The molecule has 2 fully saturated rings. The number of hydrogen-bond acceptors (Lipinski definition) is 7. The molecular formula is C20H26O7. The molecule has 1 saturated carbocycles. The maximum absolute atomic E-state index is 13.2. The van der Waals surface area contributed by atoms with Gasteiger partial charge >= 0.3 is 5.97 Å². The first-order chi connectivity index (χ1) is 12.9. The Morgan fingerprint density at radius 1 is 1.30 bits per heavy atom.